The Hall–Kier alpha value is -1.72. The average Bonchev–Trinajstić information content (AvgIpc) is 2.47. The van der Waals surface area contributed by atoms with Crippen LogP contribution in [0, 0.1) is 11.6 Å². The Morgan fingerprint density at radius 1 is 0.952 bits per heavy atom. The van der Waals surface area contributed by atoms with Crippen molar-refractivity contribution in [2.45, 2.75) is 26.2 Å². The zero-order chi connectivity index (χ0) is 15.7. The summed E-state index contributed by atoms with van der Waals surface area (Å²) in [5.41, 5.74) is 1.85. The first kappa shape index (κ1) is 17.3. The Morgan fingerprint density at radius 2 is 1.48 bits per heavy atom. The molecule has 0 bridgehead atoms. The van der Waals surface area contributed by atoms with Crippen molar-refractivity contribution in [2.24, 2.45) is 0 Å². The van der Waals surface area contributed by atoms with Crippen LogP contribution in [-0.4, -0.2) is 17.7 Å². The van der Waals surface area contributed by atoms with Crippen LogP contribution in [0.2, 0.25) is 0 Å². The molecule has 0 saturated heterocycles. The molecule has 2 N–H and O–H groups in total. The van der Waals surface area contributed by atoms with E-state index in [9.17, 15) is 8.78 Å². The molecule has 0 heterocycles. The number of halogens is 2. The van der Waals surface area contributed by atoms with Crippen LogP contribution in [0.5, 0.6) is 0 Å². The fourth-order valence-corrected chi connectivity index (χ4v) is 1.99. The van der Waals surface area contributed by atoms with Gasteiger partial charge in [-0.1, -0.05) is 43.7 Å². The van der Waals surface area contributed by atoms with Gasteiger partial charge in [-0.3, -0.25) is 0 Å². The maximum atomic E-state index is 13.6. The summed E-state index contributed by atoms with van der Waals surface area (Å²) in [6, 6.07) is 11.4. The number of unbranched alkanes of at least 4 members (excludes halogenated alkanes) is 1. The van der Waals surface area contributed by atoms with Gasteiger partial charge < -0.3 is 10.0 Å². The van der Waals surface area contributed by atoms with E-state index in [2.05, 4.69) is 6.92 Å². The van der Waals surface area contributed by atoms with E-state index in [4.69, 9.17) is 10.0 Å². The second kappa shape index (κ2) is 9.26. The van der Waals surface area contributed by atoms with Crippen LogP contribution in [0.3, 0.4) is 0 Å². The monoisotopic (exact) mass is 292 g/mol. The molecule has 0 aliphatic carbocycles. The Bertz CT molecular complexity index is 524. The first-order valence-electron chi connectivity index (χ1n) is 6.89. The number of benzene rings is 2. The van der Waals surface area contributed by atoms with Crippen molar-refractivity contribution >= 4 is 7.69 Å². The third-order valence-corrected chi connectivity index (χ3v) is 3.02. The third kappa shape index (κ3) is 5.29. The van der Waals surface area contributed by atoms with Gasteiger partial charge in [0.1, 0.15) is 11.6 Å². The predicted octanol–water partition coefficient (Wildman–Crippen LogP) is 3.21. The number of rotatable bonds is 4. The van der Waals surface area contributed by atoms with E-state index in [0.29, 0.717) is 5.56 Å². The van der Waals surface area contributed by atoms with Gasteiger partial charge in [0.05, 0.1) is 5.56 Å². The Kier molecular flexibility index (Phi) is 7.65. The minimum Gasteiger partial charge on any atom is -0.430 e. The van der Waals surface area contributed by atoms with Gasteiger partial charge in [0.2, 0.25) is 0 Å². The number of hydrogen-bond donors (Lipinski definition) is 2. The molecular weight excluding hydrogens is 273 g/mol. The predicted molar refractivity (Wildman–Crippen MR) is 82.0 cm³/mol. The second-order valence-electron chi connectivity index (χ2n) is 4.54. The summed E-state index contributed by atoms with van der Waals surface area (Å²) < 4.78 is 27.2. The van der Waals surface area contributed by atoms with Gasteiger partial charge >= 0.3 is 7.69 Å². The largest absolute Gasteiger partial charge is 0.432 e. The summed E-state index contributed by atoms with van der Waals surface area (Å²) >= 11 is 0. The molecule has 21 heavy (non-hydrogen) atoms. The maximum absolute atomic E-state index is 13.6. The fourth-order valence-electron chi connectivity index (χ4n) is 1.99. The lowest BCUT2D eigenvalue weighted by molar-refractivity contribution is 0.448. The van der Waals surface area contributed by atoms with Crippen molar-refractivity contribution in [3.8, 4) is 11.1 Å². The Balaban J connectivity index is 0.000000677. The lowest BCUT2D eigenvalue weighted by Crippen LogP contribution is -1.90. The van der Waals surface area contributed by atoms with E-state index in [1.54, 1.807) is 12.1 Å². The maximum Gasteiger partial charge on any atom is 0.432 e. The van der Waals surface area contributed by atoms with Gasteiger partial charge in [-0.2, -0.15) is 0 Å². The van der Waals surface area contributed by atoms with E-state index in [1.165, 1.54) is 23.8 Å². The molecule has 5 heteroatoms. The summed E-state index contributed by atoms with van der Waals surface area (Å²) in [6.45, 7) is 2.14. The van der Waals surface area contributed by atoms with Gasteiger partial charge in [0.25, 0.3) is 0 Å². The lowest BCUT2D eigenvalue weighted by atomic mass is 10.0. The first-order chi connectivity index (χ1) is 10.1. The van der Waals surface area contributed by atoms with Crippen LogP contribution < -0.4 is 0 Å². The summed E-state index contributed by atoms with van der Waals surface area (Å²) in [6.07, 6.45) is 3.29. The molecule has 0 aliphatic rings. The quantitative estimate of drug-likeness (QED) is 0.849. The summed E-state index contributed by atoms with van der Waals surface area (Å²) in [5, 5.41) is 14.2. The summed E-state index contributed by atoms with van der Waals surface area (Å²) in [4.78, 5) is 0. The van der Waals surface area contributed by atoms with Gasteiger partial charge in [0.15, 0.2) is 0 Å². The van der Waals surface area contributed by atoms with Crippen LogP contribution >= 0.6 is 0 Å². The SMILES string of the molecule is CCCCc1ccc(-c2c(F)cccc2F)cc1.OBO. The van der Waals surface area contributed by atoms with E-state index in [-0.39, 0.29) is 5.56 Å². The molecule has 0 fully saturated rings. The van der Waals surface area contributed by atoms with Gasteiger partial charge in [-0.05, 0) is 36.1 Å². The lowest BCUT2D eigenvalue weighted by Gasteiger charge is -2.06. The van der Waals surface area contributed by atoms with Crippen molar-refractivity contribution in [1.29, 1.82) is 0 Å². The van der Waals surface area contributed by atoms with Gasteiger partial charge in [0, 0.05) is 0 Å². The minimum absolute atomic E-state index is 0.0551. The van der Waals surface area contributed by atoms with Crippen LogP contribution in [-0.2, 0) is 6.42 Å². The highest BCUT2D eigenvalue weighted by Crippen LogP contribution is 2.26. The normalized spacial score (nSPS) is 9.76. The topological polar surface area (TPSA) is 40.5 Å². The zero-order valence-electron chi connectivity index (χ0n) is 12.0. The highest BCUT2D eigenvalue weighted by molar-refractivity contribution is 6.13. The van der Waals surface area contributed by atoms with Crippen molar-refractivity contribution in [3.63, 3.8) is 0 Å². The summed E-state index contributed by atoms with van der Waals surface area (Å²) in [5.74, 6) is -1.03. The fraction of sp³-hybridized carbons (Fsp3) is 0.250. The molecule has 0 spiro atoms. The van der Waals surface area contributed by atoms with Gasteiger partial charge in [-0.15, -0.1) is 0 Å². The molecule has 0 unspecified atom stereocenters. The van der Waals surface area contributed by atoms with E-state index in [0.717, 1.165) is 19.3 Å². The molecule has 0 saturated carbocycles. The molecular formula is C16H19BF2O2. The van der Waals surface area contributed by atoms with Crippen molar-refractivity contribution in [3.05, 3.63) is 59.7 Å². The molecule has 112 valence electrons. The third-order valence-electron chi connectivity index (χ3n) is 3.02. The zero-order valence-corrected chi connectivity index (χ0v) is 12.0. The summed E-state index contributed by atoms with van der Waals surface area (Å²) in [7, 11) is -0.750. The molecule has 2 rings (SSSR count). The number of hydrogen-bond acceptors (Lipinski definition) is 2. The van der Waals surface area contributed by atoms with Crippen LogP contribution in [0.4, 0.5) is 8.78 Å². The van der Waals surface area contributed by atoms with E-state index >= 15 is 0 Å². The van der Waals surface area contributed by atoms with Crippen molar-refractivity contribution in [2.75, 3.05) is 0 Å². The van der Waals surface area contributed by atoms with Crippen LogP contribution in [0.15, 0.2) is 42.5 Å². The Morgan fingerprint density at radius 3 is 1.95 bits per heavy atom. The molecule has 0 aliphatic heterocycles. The molecule has 0 amide bonds. The molecule has 2 aromatic rings. The van der Waals surface area contributed by atoms with Gasteiger partial charge in [-0.25, -0.2) is 8.78 Å². The average molecular weight is 292 g/mol. The molecule has 2 nitrogen and oxygen atoms in total. The standard InChI is InChI=1S/C16H16F2.BH3O2/c1-2-3-5-12-8-10-13(11-9-12)16-14(17)6-4-7-15(16)18;2-1-3/h4,6-11H,2-3,5H2,1H3;1-3H. The van der Waals surface area contributed by atoms with Crippen LogP contribution in [0.25, 0.3) is 11.1 Å². The smallest absolute Gasteiger partial charge is 0.430 e. The highest BCUT2D eigenvalue weighted by atomic mass is 19.1. The van der Waals surface area contributed by atoms with E-state index < -0.39 is 19.3 Å². The first-order valence-corrected chi connectivity index (χ1v) is 6.89. The Labute approximate surface area is 124 Å². The van der Waals surface area contributed by atoms with Crippen molar-refractivity contribution < 1.29 is 18.8 Å². The van der Waals surface area contributed by atoms with Crippen LogP contribution in [0.1, 0.15) is 25.3 Å². The van der Waals surface area contributed by atoms with Crippen molar-refractivity contribution in [1.82, 2.24) is 0 Å². The highest BCUT2D eigenvalue weighted by Gasteiger charge is 2.10. The number of aryl methyl sites for hydroxylation is 1. The molecule has 0 atom stereocenters. The minimum atomic E-state index is -0.750. The molecule has 2 aromatic carbocycles. The second-order valence-corrected chi connectivity index (χ2v) is 4.54. The molecule has 0 radical (unpaired) electrons. The molecule has 0 aromatic heterocycles. The van der Waals surface area contributed by atoms with E-state index in [1.807, 2.05) is 12.1 Å².